The van der Waals surface area contributed by atoms with Crippen molar-refractivity contribution in [3.63, 3.8) is 0 Å². The number of hydrogen-bond acceptors (Lipinski definition) is 11. The Labute approximate surface area is 226 Å². The fourth-order valence-corrected chi connectivity index (χ4v) is 8.37. The minimum atomic E-state index is -2.22. The second-order valence-electron chi connectivity index (χ2n) is 12.3. The third-order valence-corrected chi connectivity index (χ3v) is 10.3. The van der Waals surface area contributed by atoms with Crippen molar-refractivity contribution in [3.05, 3.63) is 23.0 Å². The molecule has 3 N–H and O–H groups in total. The van der Waals surface area contributed by atoms with E-state index in [-0.39, 0.29) is 31.1 Å². The average Bonchev–Trinajstić information content (AvgIpc) is 3.18. The van der Waals surface area contributed by atoms with Crippen molar-refractivity contribution in [3.8, 4) is 0 Å². The smallest absolute Gasteiger partial charge is 0.348 e. The summed E-state index contributed by atoms with van der Waals surface area (Å²) in [5, 5.41) is 33.7. The molecular weight excluding hydrogens is 512 g/mol. The van der Waals surface area contributed by atoms with E-state index in [1.165, 1.54) is 6.08 Å². The number of methoxy groups -OCH3 is 1. The quantitative estimate of drug-likeness (QED) is 0.262. The van der Waals surface area contributed by atoms with Crippen LogP contribution in [0.1, 0.15) is 47.5 Å². The zero-order chi connectivity index (χ0) is 28.8. The molecule has 214 valence electrons. The van der Waals surface area contributed by atoms with Gasteiger partial charge in [0, 0.05) is 23.8 Å². The van der Waals surface area contributed by atoms with E-state index in [0.717, 1.165) is 7.11 Å². The van der Waals surface area contributed by atoms with E-state index in [0.29, 0.717) is 11.1 Å². The number of esters is 3. The average molecular weight is 549 g/mol. The number of ketones is 1. The highest BCUT2D eigenvalue weighted by Gasteiger charge is 2.85. The van der Waals surface area contributed by atoms with Gasteiger partial charge in [0.25, 0.3) is 0 Å². The third kappa shape index (κ3) is 3.39. The fourth-order valence-electron chi connectivity index (χ4n) is 8.37. The van der Waals surface area contributed by atoms with Crippen molar-refractivity contribution in [2.24, 2.45) is 34.5 Å². The number of aliphatic hydroxyl groups is 3. The zero-order valence-electron chi connectivity index (χ0n) is 22.9. The lowest BCUT2D eigenvalue weighted by molar-refractivity contribution is -0.290. The molecular formula is C28H36O11. The summed E-state index contributed by atoms with van der Waals surface area (Å²) < 4.78 is 22.7. The van der Waals surface area contributed by atoms with E-state index < -0.39 is 82.3 Å². The number of fused-ring (bicyclic) bond motifs is 2. The summed E-state index contributed by atoms with van der Waals surface area (Å²) in [5.41, 5.74) is -3.43. The predicted molar refractivity (Wildman–Crippen MR) is 132 cm³/mol. The fraction of sp³-hybridized carbons (Fsp3) is 0.714. The molecule has 0 aromatic heterocycles. The van der Waals surface area contributed by atoms with Gasteiger partial charge in [-0.1, -0.05) is 26.3 Å². The van der Waals surface area contributed by atoms with E-state index in [4.69, 9.17) is 18.9 Å². The van der Waals surface area contributed by atoms with Crippen molar-refractivity contribution in [2.75, 3.05) is 13.7 Å². The molecule has 2 aliphatic heterocycles. The highest BCUT2D eigenvalue weighted by Crippen LogP contribution is 2.72. The van der Waals surface area contributed by atoms with Gasteiger partial charge in [-0.3, -0.25) is 4.79 Å². The molecule has 10 atom stereocenters. The Morgan fingerprint density at radius 2 is 1.85 bits per heavy atom. The first-order valence-electron chi connectivity index (χ1n) is 13.3. The molecule has 5 aliphatic rings. The second-order valence-corrected chi connectivity index (χ2v) is 12.3. The Morgan fingerprint density at radius 1 is 1.18 bits per heavy atom. The number of hydrogen-bond donors (Lipinski definition) is 3. The van der Waals surface area contributed by atoms with Crippen molar-refractivity contribution in [2.45, 2.75) is 77.5 Å². The number of Topliss-reactive ketones (excluding diaryl/α,β-unsaturated/α-hetero) is 1. The Morgan fingerprint density at radius 3 is 2.46 bits per heavy atom. The molecule has 4 fully saturated rings. The predicted octanol–water partition coefficient (Wildman–Crippen LogP) is 1.15. The van der Waals surface area contributed by atoms with Gasteiger partial charge in [0.2, 0.25) is 11.7 Å². The summed E-state index contributed by atoms with van der Waals surface area (Å²) in [5.74, 6) is -6.26. The van der Waals surface area contributed by atoms with Crippen LogP contribution in [-0.2, 0) is 38.1 Å². The molecule has 1 spiro atoms. The molecule has 11 heteroatoms. The van der Waals surface area contributed by atoms with Gasteiger partial charge in [-0.15, -0.1) is 0 Å². The molecule has 0 radical (unpaired) electrons. The maximum Gasteiger partial charge on any atom is 0.348 e. The third-order valence-electron chi connectivity index (χ3n) is 10.3. The zero-order valence-corrected chi connectivity index (χ0v) is 22.9. The lowest BCUT2D eigenvalue weighted by atomic mass is 9.38. The number of ether oxygens (including phenoxy) is 4. The normalized spacial score (nSPS) is 44.9. The van der Waals surface area contributed by atoms with E-state index in [1.54, 1.807) is 20.8 Å². The first-order valence-corrected chi connectivity index (χ1v) is 13.3. The van der Waals surface area contributed by atoms with Crippen LogP contribution in [0, 0.1) is 34.5 Å². The molecule has 3 aliphatic carbocycles. The highest BCUT2D eigenvalue weighted by molar-refractivity contribution is 5.95. The van der Waals surface area contributed by atoms with Crippen LogP contribution in [0.4, 0.5) is 0 Å². The molecule has 2 saturated heterocycles. The van der Waals surface area contributed by atoms with Crippen LogP contribution in [0.5, 0.6) is 0 Å². The standard InChI is InChI=1S/C28H36O11/c1-11(2)12(3)7-17(30)39-20-22-27-10-37-28(22,25(35)36-6)23(33)19(32)21(27)26(5)9-15(29)18(31)13(4)14(26)8-16(27)38-24(20)34/h7,11,14,16,19-23,31-33H,8-10H2,1-6H3/b12-7+/t14-,16-,19+,20+,21-,22-,23+,26+,27+,28-/m1/s1. The lowest BCUT2D eigenvalue weighted by Gasteiger charge is -2.67. The first kappa shape index (κ1) is 27.8. The molecule has 0 unspecified atom stereocenters. The molecule has 5 rings (SSSR count). The lowest BCUT2D eigenvalue weighted by Crippen LogP contribution is -2.79. The molecule has 0 amide bonds. The van der Waals surface area contributed by atoms with Gasteiger partial charge < -0.3 is 34.3 Å². The summed E-state index contributed by atoms with van der Waals surface area (Å²) in [6, 6.07) is 0. The summed E-state index contributed by atoms with van der Waals surface area (Å²) >= 11 is 0. The van der Waals surface area contributed by atoms with Crippen molar-refractivity contribution < 1.29 is 53.4 Å². The van der Waals surface area contributed by atoms with E-state index in [2.05, 4.69) is 0 Å². The molecule has 2 bridgehead atoms. The number of allylic oxidation sites excluding steroid dienone is 3. The van der Waals surface area contributed by atoms with Crippen LogP contribution in [0.3, 0.4) is 0 Å². The topological polar surface area (TPSA) is 166 Å². The van der Waals surface area contributed by atoms with Crippen LogP contribution >= 0.6 is 0 Å². The molecule has 39 heavy (non-hydrogen) atoms. The summed E-state index contributed by atoms with van der Waals surface area (Å²) in [7, 11) is 1.10. The van der Waals surface area contributed by atoms with E-state index in [9.17, 15) is 34.5 Å². The van der Waals surface area contributed by atoms with Gasteiger partial charge in [0.15, 0.2) is 11.5 Å². The minimum absolute atomic E-state index is 0.0302. The minimum Gasteiger partial charge on any atom is -0.504 e. The van der Waals surface area contributed by atoms with Crippen molar-refractivity contribution in [1.29, 1.82) is 0 Å². The van der Waals surface area contributed by atoms with Crippen molar-refractivity contribution >= 4 is 23.7 Å². The summed E-state index contributed by atoms with van der Waals surface area (Å²) in [6.07, 6.45) is -4.75. The molecule has 0 aromatic carbocycles. The second kappa shape index (κ2) is 8.87. The van der Waals surface area contributed by atoms with Gasteiger partial charge in [0.1, 0.15) is 12.2 Å². The van der Waals surface area contributed by atoms with Gasteiger partial charge in [-0.05, 0) is 43.1 Å². The Balaban J connectivity index is 1.71. The summed E-state index contributed by atoms with van der Waals surface area (Å²) in [6.45, 7) is 8.72. The number of rotatable bonds is 4. The molecule has 2 saturated carbocycles. The summed E-state index contributed by atoms with van der Waals surface area (Å²) in [4.78, 5) is 52.8. The Kier molecular flexibility index (Phi) is 6.32. The van der Waals surface area contributed by atoms with Gasteiger partial charge in [0.05, 0.1) is 25.7 Å². The van der Waals surface area contributed by atoms with Crippen LogP contribution in [0.25, 0.3) is 0 Å². The Bertz CT molecular complexity index is 1200. The highest BCUT2D eigenvalue weighted by atomic mass is 16.6. The first-order chi connectivity index (χ1) is 18.2. The monoisotopic (exact) mass is 548 g/mol. The molecule has 0 aromatic rings. The van der Waals surface area contributed by atoms with Crippen LogP contribution in [0.2, 0.25) is 0 Å². The van der Waals surface area contributed by atoms with E-state index in [1.807, 2.05) is 13.8 Å². The van der Waals surface area contributed by atoms with Crippen LogP contribution < -0.4 is 0 Å². The number of carbonyl (C=O) groups is 4. The largest absolute Gasteiger partial charge is 0.504 e. The maximum absolute atomic E-state index is 13.5. The van der Waals surface area contributed by atoms with E-state index >= 15 is 0 Å². The molecule has 11 nitrogen and oxygen atoms in total. The number of aliphatic hydroxyl groups excluding tert-OH is 3. The van der Waals surface area contributed by atoms with Gasteiger partial charge >= 0.3 is 17.9 Å². The van der Waals surface area contributed by atoms with Gasteiger partial charge in [-0.25, -0.2) is 14.4 Å². The SMILES string of the molecule is COC(=O)[C@]12OC[C@@]34[C@H]([C@H](O)[C@@H]1O)[C@@]1(C)CC(=O)C(O)=C(C)[C@H]1C[C@H]3OC(=O)[C@@H](OC(=O)/C=C(\C)C(C)C)[C@@H]24. The Hall–Kier alpha value is -2.76. The van der Waals surface area contributed by atoms with Crippen molar-refractivity contribution in [1.82, 2.24) is 0 Å². The molecule has 2 heterocycles. The number of carbonyl (C=O) groups excluding carboxylic acids is 4. The van der Waals surface area contributed by atoms with Crippen LogP contribution in [-0.4, -0.2) is 82.7 Å². The maximum atomic E-state index is 13.5. The van der Waals surface area contributed by atoms with Crippen LogP contribution in [0.15, 0.2) is 23.0 Å². The van der Waals surface area contributed by atoms with Gasteiger partial charge in [-0.2, -0.15) is 0 Å².